The average molecular weight is 301 g/mol. The third kappa shape index (κ3) is 2.20. The smallest absolute Gasteiger partial charge is 0.332 e. The summed E-state index contributed by atoms with van der Waals surface area (Å²) in [6, 6.07) is 6.29. The molecule has 0 unspecified atom stereocenters. The van der Waals surface area contributed by atoms with Gasteiger partial charge in [-0.1, -0.05) is 23.4 Å². The van der Waals surface area contributed by atoms with Crippen LogP contribution in [0.3, 0.4) is 0 Å². The number of hydrogen-bond acceptors (Lipinski definition) is 5. The Bertz CT molecular complexity index is 733. The zero-order valence-corrected chi connectivity index (χ0v) is 12.2. The Morgan fingerprint density at radius 2 is 2.00 bits per heavy atom. The van der Waals surface area contributed by atoms with Gasteiger partial charge in [-0.05, 0) is 19.9 Å². The first kappa shape index (κ1) is 14.1. The van der Waals surface area contributed by atoms with Gasteiger partial charge in [0.15, 0.2) is 5.76 Å². The lowest BCUT2D eigenvalue weighted by atomic mass is 10.2. The fourth-order valence-corrected chi connectivity index (χ4v) is 2.54. The van der Waals surface area contributed by atoms with Gasteiger partial charge in [-0.25, -0.2) is 9.69 Å². The minimum absolute atomic E-state index is 0.0444. The van der Waals surface area contributed by atoms with Crippen LogP contribution in [0.15, 0.2) is 28.8 Å². The second kappa shape index (κ2) is 5.18. The highest BCUT2D eigenvalue weighted by molar-refractivity contribution is 6.20. The van der Waals surface area contributed by atoms with Crippen molar-refractivity contribution in [1.82, 2.24) is 10.1 Å². The average Bonchev–Trinajstić information content (AvgIpc) is 2.94. The van der Waals surface area contributed by atoms with Crippen LogP contribution >= 0.6 is 0 Å². The molecule has 1 saturated heterocycles. The molecule has 0 atom stereocenters. The van der Waals surface area contributed by atoms with Gasteiger partial charge in [0.25, 0.3) is 5.91 Å². The lowest BCUT2D eigenvalue weighted by Gasteiger charge is -2.17. The van der Waals surface area contributed by atoms with Crippen molar-refractivity contribution in [1.29, 1.82) is 0 Å². The monoisotopic (exact) mass is 301 g/mol. The summed E-state index contributed by atoms with van der Waals surface area (Å²) in [5.74, 6) is 0.178. The van der Waals surface area contributed by atoms with Crippen LogP contribution in [0.4, 0.5) is 10.5 Å². The molecule has 0 radical (unpaired) electrons. The molecule has 7 nitrogen and oxygen atoms in total. The van der Waals surface area contributed by atoms with E-state index in [4.69, 9.17) is 4.52 Å². The third-order valence-corrected chi connectivity index (χ3v) is 3.61. The molecule has 1 aromatic heterocycles. The SMILES string of the molecule is Cc1noc(C)c1N1C(=O)CN(Cc2ccccc2O)C1=O. The van der Waals surface area contributed by atoms with Gasteiger partial charge < -0.3 is 14.5 Å². The largest absolute Gasteiger partial charge is 0.508 e. The Kier molecular flexibility index (Phi) is 3.32. The standard InChI is InChI=1S/C15H15N3O4/c1-9-14(10(2)22-16-9)18-13(20)8-17(15(18)21)7-11-5-3-4-6-12(11)19/h3-6,19H,7-8H2,1-2H3. The molecule has 0 aliphatic carbocycles. The van der Waals surface area contributed by atoms with E-state index in [1.165, 1.54) is 4.90 Å². The molecule has 2 aromatic rings. The van der Waals surface area contributed by atoms with Crippen LogP contribution < -0.4 is 4.90 Å². The van der Waals surface area contributed by atoms with E-state index in [1.807, 2.05) is 0 Å². The first-order chi connectivity index (χ1) is 10.5. The van der Waals surface area contributed by atoms with Gasteiger partial charge in [-0.2, -0.15) is 0 Å². The molecule has 2 heterocycles. The number of hydrogen-bond donors (Lipinski definition) is 1. The lowest BCUT2D eigenvalue weighted by Crippen LogP contribution is -2.33. The molecule has 1 N–H and O–H groups in total. The molecule has 1 fully saturated rings. The summed E-state index contributed by atoms with van der Waals surface area (Å²) in [5, 5.41) is 13.6. The van der Waals surface area contributed by atoms with E-state index in [-0.39, 0.29) is 24.7 Å². The maximum atomic E-state index is 12.5. The van der Waals surface area contributed by atoms with E-state index >= 15 is 0 Å². The van der Waals surface area contributed by atoms with E-state index in [0.29, 0.717) is 22.7 Å². The van der Waals surface area contributed by atoms with Crippen molar-refractivity contribution in [3.63, 3.8) is 0 Å². The van der Waals surface area contributed by atoms with Crippen LogP contribution in [0.1, 0.15) is 17.0 Å². The van der Waals surface area contributed by atoms with Crippen LogP contribution in [0.25, 0.3) is 0 Å². The highest BCUT2D eigenvalue weighted by Crippen LogP contribution is 2.29. The summed E-state index contributed by atoms with van der Waals surface area (Å²) in [6.07, 6.45) is 0. The number of imide groups is 1. The number of carbonyl (C=O) groups excluding carboxylic acids is 2. The predicted molar refractivity (Wildman–Crippen MR) is 77.4 cm³/mol. The van der Waals surface area contributed by atoms with E-state index < -0.39 is 6.03 Å². The molecule has 0 bridgehead atoms. The normalized spacial score (nSPS) is 15.0. The molecule has 22 heavy (non-hydrogen) atoms. The Hall–Kier alpha value is -2.83. The fourth-order valence-electron chi connectivity index (χ4n) is 2.54. The number of aryl methyl sites for hydroxylation is 2. The molecule has 3 amide bonds. The number of aromatic hydroxyl groups is 1. The number of amides is 3. The van der Waals surface area contributed by atoms with Crippen molar-refractivity contribution >= 4 is 17.6 Å². The van der Waals surface area contributed by atoms with E-state index in [0.717, 1.165) is 4.90 Å². The van der Waals surface area contributed by atoms with E-state index in [1.54, 1.807) is 38.1 Å². The number of para-hydroxylation sites is 1. The zero-order valence-electron chi connectivity index (χ0n) is 12.2. The van der Waals surface area contributed by atoms with Gasteiger partial charge in [0.05, 0.1) is 6.54 Å². The van der Waals surface area contributed by atoms with Crippen molar-refractivity contribution in [3.05, 3.63) is 41.3 Å². The first-order valence-corrected chi connectivity index (χ1v) is 6.80. The van der Waals surface area contributed by atoms with Crippen molar-refractivity contribution in [2.24, 2.45) is 0 Å². The molecule has 7 heteroatoms. The number of aromatic nitrogens is 1. The molecular formula is C15H15N3O4. The van der Waals surface area contributed by atoms with E-state index in [9.17, 15) is 14.7 Å². The van der Waals surface area contributed by atoms with Crippen LogP contribution in [-0.2, 0) is 11.3 Å². The van der Waals surface area contributed by atoms with Gasteiger partial charge in [0.1, 0.15) is 23.7 Å². The Morgan fingerprint density at radius 1 is 1.27 bits per heavy atom. The Balaban J connectivity index is 1.88. The van der Waals surface area contributed by atoms with Gasteiger partial charge in [-0.15, -0.1) is 0 Å². The maximum absolute atomic E-state index is 12.5. The number of phenols is 1. The highest BCUT2D eigenvalue weighted by atomic mass is 16.5. The summed E-state index contributed by atoms with van der Waals surface area (Å²) < 4.78 is 5.02. The fraction of sp³-hybridized carbons (Fsp3) is 0.267. The predicted octanol–water partition coefficient (Wildman–Crippen LogP) is 1.97. The molecule has 1 aliphatic heterocycles. The molecule has 3 rings (SSSR count). The highest BCUT2D eigenvalue weighted by Gasteiger charge is 2.40. The summed E-state index contributed by atoms with van der Waals surface area (Å²) >= 11 is 0. The first-order valence-electron chi connectivity index (χ1n) is 6.80. The van der Waals surface area contributed by atoms with Gasteiger partial charge in [0, 0.05) is 5.56 Å². The topological polar surface area (TPSA) is 86.9 Å². The van der Waals surface area contributed by atoms with Crippen LogP contribution in [0, 0.1) is 13.8 Å². The number of nitrogens with zero attached hydrogens (tertiary/aromatic N) is 3. The molecule has 114 valence electrons. The van der Waals surface area contributed by atoms with E-state index in [2.05, 4.69) is 5.16 Å². The number of urea groups is 1. The summed E-state index contributed by atoms with van der Waals surface area (Å²) in [6.45, 7) is 3.45. The summed E-state index contributed by atoms with van der Waals surface area (Å²) in [4.78, 5) is 27.2. The Labute approximate surface area is 126 Å². The van der Waals surface area contributed by atoms with Crippen molar-refractivity contribution in [2.45, 2.75) is 20.4 Å². The second-order valence-corrected chi connectivity index (χ2v) is 5.17. The minimum Gasteiger partial charge on any atom is -0.508 e. The van der Waals surface area contributed by atoms with Crippen LogP contribution in [0.2, 0.25) is 0 Å². The number of carbonyl (C=O) groups is 2. The zero-order chi connectivity index (χ0) is 15.9. The van der Waals surface area contributed by atoms with Gasteiger partial charge in [0.2, 0.25) is 0 Å². The summed E-state index contributed by atoms with van der Waals surface area (Å²) in [5.41, 5.74) is 1.47. The molecular weight excluding hydrogens is 286 g/mol. The number of anilines is 1. The van der Waals surface area contributed by atoms with Crippen molar-refractivity contribution in [3.8, 4) is 5.75 Å². The van der Waals surface area contributed by atoms with Crippen LogP contribution in [-0.4, -0.2) is 33.6 Å². The van der Waals surface area contributed by atoms with Crippen molar-refractivity contribution in [2.75, 3.05) is 11.4 Å². The van der Waals surface area contributed by atoms with Crippen molar-refractivity contribution < 1.29 is 19.2 Å². The van der Waals surface area contributed by atoms with Crippen LogP contribution in [0.5, 0.6) is 5.75 Å². The number of phenolic OH excluding ortho intramolecular Hbond substituents is 1. The quantitative estimate of drug-likeness (QED) is 0.876. The van der Waals surface area contributed by atoms with Gasteiger partial charge in [-0.3, -0.25) is 4.79 Å². The molecule has 1 aliphatic rings. The number of benzene rings is 1. The van der Waals surface area contributed by atoms with Gasteiger partial charge >= 0.3 is 6.03 Å². The Morgan fingerprint density at radius 3 is 2.64 bits per heavy atom. The molecule has 1 aromatic carbocycles. The third-order valence-electron chi connectivity index (χ3n) is 3.61. The maximum Gasteiger partial charge on any atom is 0.332 e. The lowest BCUT2D eigenvalue weighted by molar-refractivity contribution is -0.116. The summed E-state index contributed by atoms with van der Waals surface area (Å²) in [7, 11) is 0. The second-order valence-electron chi connectivity index (χ2n) is 5.17. The molecule has 0 spiro atoms. The minimum atomic E-state index is -0.442. The molecule has 0 saturated carbocycles. The number of rotatable bonds is 3.